The van der Waals surface area contributed by atoms with Crippen molar-refractivity contribution in [3.8, 4) is 5.75 Å². The van der Waals surface area contributed by atoms with Crippen LogP contribution in [0.4, 0.5) is 0 Å². The van der Waals surface area contributed by atoms with Crippen LogP contribution in [-0.4, -0.2) is 59.4 Å². The van der Waals surface area contributed by atoms with Crippen molar-refractivity contribution in [2.75, 3.05) is 32.8 Å². The Hall–Kier alpha value is -3.38. The molecule has 0 unspecified atom stereocenters. The van der Waals surface area contributed by atoms with E-state index >= 15 is 0 Å². The molecular formula is C28H34N2O4. The SMILES string of the molecule is C=CCOc1ccc([C@H]2/C(=C(\O)c3ccc(C)cc3)C(=O)C(=O)N2CCCN(CC)CC)cc1. The molecule has 2 aromatic rings. The molecule has 1 heterocycles. The van der Waals surface area contributed by atoms with Gasteiger partial charge in [0, 0.05) is 12.1 Å². The molecule has 1 saturated heterocycles. The Bertz CT molecular complexity index is 1040. The van der Waals surface area contributed by atoms with Crippen LogP contribution < -0.4 is 4.74 Å². The van der Waals surface area contributed by atoms with E-state index in [9.17, 15) is 14.7 Å². The van der Waals surface area contributed by atoms with Crippen molar-refractivity contribution in [1.82, 2.24) is 9.80 Å². The molecule has 180 valence electrons. The van der Waals surface area contributed by atoms with Crippen LogP contribution in [0, 0.1) is 6.92 Å². The number of aliphatic hydroxyl groups is 1. The van der Waals surface area contributed by atoms with Gasteiger partial charge in [0.25, 0.3) is 11.7 Å². The first-order valence-corrected chi connectivity index (χ1v) is 11.8. The molecule has 1 aliphatic rings. The minimum absolute atomic E-state index is 0.122. The third kappa shape index (κ3) is 5.57. The highest BCUT2D eigenvalue weighted by atomic mass is 16.5. The number of rotatable bonds is 11. The lowest BCUT2D eigenvalue weighted by Crippen LogP contribution is -2.33. The zero-order chi connectivity index (χ0) is 24.7. The van der Waals surface area contributed by atoms with E-state index in [1.165, 1.54) is 0 Å². The zero-order valence-electron chi connectivity index (χ0n) is 20.3. The second kappa shape index (κ2) is 11.7. The predicted molar refractivity (Wildman–Crippen MR) is 135 cm³/mol. The Morgan fingerprint density at radius 1 is 1.09 bits per heavy atom. The van der Waals surface area contributed by atoms with Crippen molar-refractivity contribution < 1.29 is 19.4 Å². The van der Waals surface area contributed by atoms with E-state index in [0.29, 0.717) is 24.5 Å². The van der Waals surface area contributed by atoms with Crippen molar-refractivity contribution in [2.45, 2.75) is 33.2 Å². The minimum Gasteiger partial charge on any atom is -0.507 e. The first-order chi connectivity index (χ1) is 16.4. The summed E-state index contributed by atoms with van der Waals surface area (Å²) in [4.78, 5) is 30.1. The molecule has 0 spiro atoms. The van der Waals surface area contributed by atoms with Gasteiger partial charge in [-0.3, -0.25) is 9.59 Å². The fourth-order valence-corrected chi connectivity index (χ4v) is 4.23. The Labute approximate surface area is 202 Å². The molecular weight excluding hydrogens is 428 g/mol. The van der Waals surface area contributed by atoms with E-state index < -0.39 is 17.7 Å². The number of ether oxygens (including phenoxy) is 1. The molecule has 1 aliphatic heterocycles. The van der Waals surface area contributed by atoms with Gasteiger partial charge in [-0.25, -0.2) is 0 Å². The lowest BCUT2D eigenvalue weighted by Gasteiger charge is -2.27. The van der Waals surface area contributed by atoms with Gasteiger partial charge < -0.3 is 19.6 Å². The normalized spacial score (nSPS) is 17.4. The maximum Gasteiger partial charge on any atom is 0.295 e. The van der Waals surface area contributed by atoms with E-state index in [1.54, 1.807) is 35.2 Å². The minimum atomic E-state index is -0.661. The summed E-state index contributed by atoms with van der Waals surface area (Å²) in [6, 6.07) is 13.9. The number of hydrogen-bond donors (Lipinski definition) is 1. The van der Waals surface area contributed by atoms with Gasteiger partial charge in [0.15, 0.2) is 0 Å². The molecule has 34 heavy (non-hydrogen) atoms. The fourth-order valence-electron chi connectivity index (χ4n) is 4.23. The van der Waals surface area contributed by atoms with Gasteiger partial charge in [-0.05, 0) is 50.7 Å². The van der Waals surface area contributed by atoms with Gasteiger partial charge >= 0.3 is 0 Å². The van der Waals surface area contributed by atoms with Crippen LogP contribution >= 0.6 is 0 Å². The molecule has 0 saturated carbocycles. The highest BCUT2D eigenvalue weighted by Crippen LogP contribution is 2.40. The van der Waals surface area contributed by atoms with Gasteiger partial charge in [-0.2, -0.15) is 0 Å². The van der Waals surface area contributed by atoms with Gasteiger partial charge in [0.1, 0.15) is 18.1 Å². The summed E-state index contributed by atoms with van der Waals surface area (Å²) in [5.74, 6) is -0.717. The molecule has 1 amide bonds. The number of Topliss-reactive ketones (excluding diaryl/α,β-unsaturated/α-hetero) is 1. The molecule has 0 aromatic heterocycles. The first kappa shape index (κ1) is 25.2. The number of carbonyl (C=O) groups is 2. The maximum absolute atomic E-state index is 13.1. The molecule has 1 atom stereocenters. The number of amides is 1. The molecule has 0 aliphatic carbocycles. The second-order valence-corrected chi connectivity index (χ2v) is 8.41. The lowest BCUT2D eigenvalue weighted by molar-refractivity contribution is -0.140. The van der Waals surface area contributed by atoms with Crippen LogP contribution in [0.15, 0.2) is 66.8 Å². The Morgan fingerprint density at radius 2 is 1.74 bits per heavy atom. The average Bonchev–Trinajstić information content (AvgIpc) is 3.10. The molecule has 1 N–H and O–H groups in total. The molecule has 6 heteroatoms. The largest absolute Gasteiger partial charge is 0.507 e. The summed E-state index contributed by atoms with van der Waals surface area (Å²) in [6.07, 6.45) is 2.40. The summed E-state index contributed by atoms with van der Waals surface area (Å²) < 4.78 is 5.58. The van der Waals surface area contributed by atoms with Gasteiger partial charge in [0.05, 0.1) is 11.6 Å². The number of aliphatic hydroxyl groups excluding tert-OH is 1. The van der Waals surface area contributed by atoms with Crippen LogP contribution in [-0.2, 0) is 9.59 Å². The molecule has 1 fully saturated rings. The van der Waals surface area contributed by atoms with Crippen LogP contribution in [0.5, 0.6) is 5.75 Å². The standard InChI is InChI=1S/C28H34N2O4/c1-5-19-34-23-15-13-21(14-16-23)25-24(26(31)22-11-9-20(4)10-12-22)27(32)28(33)30(25)18-8-17-29(6-2)7-3/h5,9-16,25,31H,1,6-8,17-19H2,2-4H3/b26-24+/t25-/m0/s1. The van der Waals surface area contributed by atoms with E-state index in [1.807, 2.05) is 31.2 Å². The summed E-state index contributed by atoms with van der Waals surface area (Å²) >= 11 is 0. The number of benzene rings is 2. The monoisotopic (exact) mass is 462 g/mol. The fraction of sp³-hybridized carbons (Fsp3) is 0.357. The Balaban J connectivity index is 2.00. The van der Waals surface area contributed by atoms with Gasteiger partial charge in [-0.1, -0.05) is 68.5 Å². The van der Waals surface area contributed by atoms with Crippen LogP contribution in [0.1, 0.15) is 43.0 Å². The number of aryl methyl sites for hydroxylation is 1. The molecule has 2 aromatic carbocycles. The number of ketones is 1. The van der Waals surface area contributed by atoms with Crippen LogP contribution in [0.2, 0.25) is 0 Å². The molecule has 0 bridgehead atoms. The van der Waals surface area contributed by atoms with Gasteiger partial charge in [0.2, 0.25) is 0 Å². The van der Waals surface area contributed by atoms with Crippen LogP contribution in [0.3, 0.4) is 0 Å². The lowest BCUT2D eigenvalue weighted by atomic mass is 9.95. The quantitative estimate of drug-likeness (QED) is 0.227. The third-order valence-electron chi connectivity index (χ3n) is 6.20. The Kier molecular flexibility index (Phi) is 8.66. The molecule has 3 rings (SSSR count). The predicted octanol–water partition coefficient (Wildman–Crippen LogP) is 4.71. The third-order valence-corrected chi connectivity index (χ3v) is 6.20. The number of nitrogens with zero attached hydrogens (tertiary/aromatic N) is 2. The topological polar surface area (TPSA) is 70.1 Å². The zero-order valence-corrected chi connectivity index (χ0v) is 20.3. The highest BCUT2D eigenvalue weighted by Gasteiger charge is 2.45. The van der Waals surface area contributed by atoms with Crippen molar-refractivity contribution in [3.63, 3.8) is 0 Å². The van der Waals surface area contributed by atoms with E-state index in [2.05, 4.69) is 25.3 Å². The first-order valence-electron chi connectivity index (χ1n) is 11.8. The van der Waals surface area contributed by atoms with Crippen molar-refractivity contribution in [3.05, 3.63) is 83.4 Å². The van der Waals surface area contributed by atoms with E-state index in [-0.39, 0.29) is 11.3 Å². The summed E-state index contributed by atoms with van der Waals surface area (Å²) in [5.41, 5.74) is 2.43. The summed E-state index contributed by atoms with van der Waals surface area (Å²) in [6.45, 7) is 13.3. The molecule has 6 nitrogen and oxygen atoms in total. The van der Waals surface area contributed by atoms with E-state index in [4.69, 9.17) is 4.74 Å². The summed E-state index contributed by atoms with van der Waals surface area (Å²) in [5, 5.41) is 11.1. The van der Waals surface area contributed by atoms with Crippen molar-refractivity contribution in [1.29, 1.82) is 0 Å². The van der Waals surface area contributed by atoms with Crippen LogP contribution in [0.25, 0.3) is 5.76 Å². The second-order valence-electron chi connectivity index (χ2n) is 8.41. The van der Waals surface area contributed by atoms with Crippen molar-refractivity contribution in [2.24, 2.45) is 0 Å². The number of likely N-dealkylation sites (tertiary alicyclic amines) is 1. The summed E-state index contributed by atoms with van der Waals surface area (Å²) in [7, 11) is 0. The maximum atomic E-state index is 13.1. The highest BCUT2D eigenvalue weighted by molar-refractivity contribution is 6.46. The average molecular weight is 463 g/mol. The molecule has 0 radical (unpaired) electrons. The van der Waals surface area contributed by atoms with Gasteiger partial charge in [-0.15, -0.1) is 0 Å². The Morgan fingerprint density at radius 3 is 2.32 bits per heavy atom. The number of hydrogen-bond acceptors (Lipinski definition) is 5. The smallest absolute Gasteiger partial charge is 0.295 e. The number of carbonyl (C=O) groups excluding carboxylic acids is 2. The van der Waals surface area contributed by atoms with Crippen molar-refractivity contribution >= 4 is 17.4 Å². The van der Waals surface area contributed by atoms with E-state index in [0.717, 1.165) is 37.2 Å².